The highest BCUT2D eigenvalue weighted by molar-refractivity contribution is 5.46. The fourth-order valence-electron chi connectivity index (χ4n) is 1.60. The Labute approximate surface area is 98.7 Å². The molecule has 0 aliphatic carbocycles. The van der Waals surface area contributed by atoms with Crippen LogP contribution in [0.25, 0.3) is 0 Å². The van der Waals surface area contributed by atoms with Crippen LogP contribution < -0.4 is 10.2 Å². The molecule has 1 rings (SSSR count). The fraction of sp³-hybridized carbons (Fsp3) is 0.429. The molecule has 16 heavy (non-hydrogen) atoms. The summed E-state index contributed by atoms with van der Waals surface area (Å²) in [5.41, 5.74) is 2.51. The first-order valence-corrected chi connectivity index (χ1v) is 5.53. The number of hydrogen-bond acceptors (Lipinski definition) is 2. The molecule has 0 heterocycles. The molecule has 0 bridgehead atoms. The van der Waals surface area contributed by atoms with Gasteiger partial charge in [-0.25, -0.2) is 0 Å². The Hall–Kier alpha value is -1.46. The van der Waals surface area contributed by atoms with E-state index in [9.17, 15) is 0 Å². The van der Waals surface area contributed by atoms with Crippen molar-refractivity contribution in [2.24, 2.45) is 0 Å². The van der Waals surface area contributed by atoms with Crippen molar-refractivity contribution in [2.45, 2.75) is 19.4 Å². The second kappa shape index (κ2) is 6.19. The zero-order valence-corrected chi connectivity index (χ0v) is 10.5. The molecule has 0 fully saturated rings. The maximum atomic E-state index is 3.29. The molecule has 0 aliphatic heterocycles. The van der Waals surface area contributed by atoms with E-state index in [0.29, 0.717) is 6.04 Å². The van der Waals surface area contributed by atoms with E-state index in [1.54, 1.807) is 0 Å². The third kappa shape index (κ3) is 3.29. The van der Waals surface area contributed by atoms with E-state index in [0.717, 1.165) is 6.42 Å². The van der Waals surface area contributed by atoms with Gasteiger partial charge in [0.15, 0.2) is 0 Å². The SMILES string of the molecule is CC#CCC(NC)c1ccc(N(C)C)cc1. The minimum atomic E-state index is 0.323. The summed E-state index contributed by atoms with van der Waals surface area (Å²) < 4.78 is 0. The van der Waals surface area contributed by atoms with Crippen LogP contribution in [0.1, 0.15) is 24.9 Å². The summed E-state index contributed by atoms with van der Waals surface area (Å²) >= 11 is 0. The monoisotopic (exact) mass is 216 g/mol. The summed E-state index contributed by atoms with van der Waals surface area (Å²) in [5, 5.41) is 3.29. The van der Waals surface area contributed by atoms with Crippen molar-refractivity contribution >= 4 is 5.69 Å². The molecule has 1 N–H and O–H groups in total. The van der Waals surface area contributed by atoms with Crippen LogP contribution in [0, 0.1) is 11.8 Å². The molecular weight excluding hydrogens is 196 g/mol. The number of anilines is 1. The highest BCUT2D eigenvalue weighted by Gasteiger charge is 2.07. The first-order valence-electron chi connectivity index (χ1n) is 5.53. The molecule has 0 saturated carbocycles. The van der Waals surface area contributed by atoms with Crippen molar-refractivity contribution < 1.29 is 0 Å². The lowest BCUT2D eigenvalue weighted by atomic mass is 10.0. The molecule has 0 aromatic heterocycles. The molecule has 0 spiro atoms. The van der Waals surface area contributed by atoms with E-state index in [-0.39, 0.29) is 0 Å². The minimum Gasteiger partial charge on any atom is -0.378 e. The highest BCUT2D eigenvalue weighted by Crippen LogP contribution is 2.19. The first-order chi connectivity index (χ1) is 7.69. The molecule has 0 aliphatic rings. The summed E-state index contributed by atoms with van der Waals surface area (Å²) in [7, 11) is 6.07. The van der Waals surface area contributed by atoms with Gasteiger partial charge in [0.1, 0.15) is 0 Å². The van der Waals surface area contributed by atoms with E-state index in [2.05, 4.69) is 46.3 Å². The third-order valence-corrected chi connectivity index (χ3v) is 2.64. The number of benzene rings is 1. The minimum absolute atomic E-state index is 0.323. The van der Waals surface area contributed by atoms with Crippen molar-refractivity contribution in [1.82, 2.24) is 5.32 Å². The lowest BCUT2D eigenvalue weighted by Crippen LogP contribution is -2.16. The molecule has 1 atom stereocenters. The van der Waals surface area contributed by atoms with Crippen LogP contribution in [-0.2, 0) is 0 Å². The van der Waals surface area contributed by atoms with Crippen LogP contribution in [0.15, 0.2) is 24.3 Å². The molecule has 2 heteroatoms. The molecule has 2 nitrogen and oxygen atoms in total. The number of hydrogen-bond donors (Lipinski definition) is 1. The Morgan fingerprint density at radius 2 is 1.88 bits per heavy atom. The summed E-state index contributed by atoms with van der Waals surface area (Å²) in [5.74, 6) is 6.05. The molecule has 1 aromatic carbocycles. The van der Waals surface area contributed by atoms with Gasteiger partial charge in [-0.1, -0.05) is 12.1 Å². The Morgan fingerprint density at radius 1 is 1.25 bits per heavy atom. The summed E-state index contributed by atoms with van der Waals surface area (Å²) in [4.78, 5) is 2.10. The summed E-state index contributed by atoms with van der Waals surface area (Å²) in [6, 6.07) is 8.92. The van der Waals surface area contributed by atoms with Crippen molar-refractivity contribution in [3.05, 3.63) is 29.8 Å². The molecule has 86 valence electrons. The molecule has 1 unspecified atom stereocenters. The van der Waals surface area contributed by atoms with Crippen LogP contribution >= 0.6 is 0 Å². The van der Waals surface area contributed by atoms with Gasteiger partial charge in [-0.2, -0.15) is 0 Å². The molecule has 0 saturated heterocycles. The van der Waals surface area contributed by atoms with Gasteiger partial charge in [-0.15, -0.1) is 11.8 Å². The van der Waals surface area contributed by atoms with Gasteiger partial charge in [0, 0.05) is 32.2 Å². The first kappa shape index (κ1) is 12.6. The average Bonchev–Trinajstić information content (AvgIpc) is 2.30. The van der Waals surface area contributed by atoms with Crippen molar-refractivity contribution in [2.75, 3.05) is 26.0 Å². The Bertz CT molecular complexity index is 368. The summed E-state index contributed by atoms with van der Waals surface area (Å²) in [6.45, 7) is 1.88. The third-order valence-electron chi connectivity index (χ3n) is 2.64. The zero-order chi connectivity index (χ0) is 12.0. The van der Waals surface area contributed by atoms with Crippen LogP contribution in [0.2, 0.25) is 0 Å². The van der Waals surface area contributed by atoms with Crippen LogP contribution in [0.4, 0.5) is 5.69 Å². The predicted octanol–water partition coefficient (Wildman–Crippen LogP) is 2.43. The van der Waals surface area contributed by atoms with Crippen molar-refractivity contribution in [3.63, 3.8) is 0 Å². The highest BCUT2D eigenvalue weighted by atomic mass is 15.1. The van der Waals surface area contributed by atoms with Gasteiger partial charge in [0.2, 0.25) is 0 Å². The molecule has 1 aromatic rings. The van der Waals surface area contributed by atoms with E-state index in [4.69, 9.17) is 0 Å². The lowest BCUT2D eigenvalue weighted by Gasteiger charge is -2.16. The largest absolute Gasteiger partial charge is 0.378 e. The quantitative estimate of drug-likeness (QED) is 0.778. The Balaban J connectivity index is 2.80. The second-order valence-corrected chi connectivity index (χ2v) is 3.96. The van der Waals surface area contributed by atoms with Crippen molar-refractivity contribution in [3.8, 4) is 11.8 Å². The van der Waals surface area contributed by atoms with E-state index >= 15 is 0 Å². The maximum Gasteiger partial charge on any atom is 0.0428 e. The molecular formula is C14H20N2. The molecule has 0 amide bonds. The van der Waals surface area contributed by atoms with Crippen LogP contribution in [0.3, 0.4) is 0 Å². The smallest absolute Gasteiger partial charge is 0.0428 e. The molecule has 0 radical (unpaired) electrons. The van der Waals surface area contributed by atoms with Gasteiger partial charge in [0.05, 0.1) is 0 Å². The normalized spacial score (nSPS) is 11.5. The maximum absolute atomic E-state index is 3.29. The van der Waals surface area contributed by atoms with Gasteiger partial charge < -0.3 is 10.2 Å². The Morgan fingerprint density at radius 3 is 2.31 bits per heavy atom. The number of rotatable bonds is 4. The van der Waals surface area contributed by atoms with Gasteiger partial charge in [-0.05, 0) is 31.7 Å². The van der Waals surface area contributed by atoms with Gasteiger partial charge in [-0.3, -0.25) is 0 Å². The lowest BCUT2D eigenvalue weighted by molar-refractivity contribution is 0.611. The predicted molar refractivity (Wildman–Crippen MR) is 70.6 cm³/mol. The Kier molecular flexibility index (Phi) is 4.88. The summed E-state index contributed by atoms with van der Waals surface area (Å²) in [6.07, 6.45) is 0.855. The van der Waals surface area contributed by atoms with Gasteiger partial charge in [0.25, 0.3) is 0 Å². The topological polar surface area (TPSA) is 15.3 Å². The average molecular weight is 216 g/mol. The number of nitrogens with one attached hydrogen (secondary N) is 1. The number of nitrogens with zero attached hydrogens (tertiary/aromatic N) is 1. The van der Waals surface area contributed by atoms with E-state index < -0.39 is 0 Å². The van der Waals surface area contributed by atoms with Crippen LogP contribution in [-0.4, -0.2) is 21.1 Å². The fourth-order valence-corrected chi connectivity index (χ4v) is 1.60. The van der Waals surface area contributed by atoms with Crippen molar-refractivity contribution in [1.29, 1.82) is 0 Å². The van der Waals surface area contributed by atoms with Crippen LogP contribution in [0.5, 0.6) is 0 Å². The standard InChI is InChI=1S/C14H20N2/c1-5-6-7-14(15-2)12-8-10-13(11-9-12)16(3)4/h8-11,14-15H,7H2,1-4H3. The zero-order valence-electron chi connectivity index (χ0n) is 10.5. The second-order valence-electron chi connectivity index (χ2n) is 3.96. The van der Waals surface area contributed by atoms with E-state index in [1.807, 2.05) is 28.1 Å². The van der Waals surface area contributed by atoms with E-state index in [1.165, 1.54) is 11.3 Å². The van der Waals surface area contributed by atoms with Gasteiger partial charge >= 0.3 is 0 Å².